The predicted octanol–water partition coefficient (Wildman–Crippen LogP) is 16.1. The molecule has 1 rings (SSSR count). The molecule has 0 saturated carbocycles. The summed E-state index contributed by atoms with van der Waals surface area (Å²) >= 11 is 0. The Bertz CT molecular complexity index is 2010. The van der Waals surface area contributed by atoms with E-state index >= 15 is 0 Å². The lowest BCUT2D eigenvalue weighted by Gasteiger charge is -2.40. The molecular weight excluding hydrogens is 1020 g/mol. The topological polar surface area (TPSA) is 175 Å². The lowest BCUT2D eigenvalue weighted by Crippen LogP contribution is -2.61. The monoisotopic (exact) mass is 1120 g/mol. The highest BCUT2D eigenvalue weighted by atomic mass is 16.7. The van der Waals surface area contributed by atoms with E-state index in [0.29, 0.717) is 25.7 Å². The van der Waals surface area contributed by atoms with Crippen molar-refractivity contribution in [2.45, 2.75) is 237 Å². The number of carbonyl (C=O) groups excluding carboxylic acids is 3. The third kappa shape index (κ3) is 44.7. The van der Waals surface area contributed by atoms with Crippen LogP contribution in [0.25, 0.3) is 0 Å². The van der Waals surface area contributed by atoms with Crippen molar-refractivity contribution in [3.05, 3.63) is 158 Å². The van der Waals surface area contributed by atoms with Crippen LogP contribution in [-0.2, 0) is 42.9 Å². The number of aliphatic carboxylic acids is 1. The summed E-state index contributed by atoms with van der Waals surface area (Å²) < 4.78 is 28.4. The van der Waals surface area contributed by atoms with E-state index in [0.717, 1.165) is 135 Å². The largest absolute Gasteiger partial charge is 0.479 e. The molecule has 0 spiro atoms. The molecule has 0 bridgehead atoms. The molecule has 12 nitrogen and oxygen atoms in total. The van der Waals surface area contributed by atoms with E-state index in [4.69, 9.17) is 23.7 Å². The van der Waals surface area contributed by atoms with E-state index in [9.17, 15) is 34.5 Å². The van der Waals surface area contributed by atoms with Gasteiger partial charge in [0.2, 0.25) is 0 Å². The minimum absolute atomic E-state index is 0.00801. The van der Waals surface area contributed by atoms with Crippen LogP contribution in [0.4, 0.5) is 0 Å². The van der Waals surface area contributed by atoms with Gasteiger partial charge in [0, 0.05) is 19.3 Å². The summed E-state index contributed by atoms with van der Waals surface area (Å²) in [6.45, 7) is 5.57. The maximum absolute atomic E-state index is 13.2. The highest BCUT2D eigenvalue weighted by Crippen LogP contribution is 2.26. The molecule has 1 aliphatic rings. The molecule has 1 fully saturated rings. The second kappa shape index (κ2) is 54.9. The number of allylic oxidation sites excluding steroid dienone is 26. The molecule has 0 aromatic carbocycles. The lowest BCUT2D eigenvalue weighted by atomic mass is 9.98. The summed E-state index contributed by atoms with van der Waals surface area (Å²) in [6.07, 6.45) is 67.8. The zero-order valence-electron chi connectivity index (χ0n) is 49.7. The molecular formula is C69H104O12. The number of aliphatic hydroxyl groups is 2. The summed E-state index contributed by atoms with van der Waals surface area (Å²) in [5.74, 6) is -3.28. The molecule has 1 saturated heterocycles. The van der Waals surface area contributed by atoms with Crippen molar-refractivity contribution < 1.29 is 58.2 Å². The summed E-state index contributed by atoms with van der Waals surface area (Å²) in [5.41, 5.74) is 0. The SMILES string of the molecule is CC/C=C\C/C=C\C/C=C\C/C=C\C/C=C\CCCCCC(=O)OCC(COC1OC(C(=O)O)C(O)C(O)C1OC(=O)CCCC/C=C\C/C=C\C/C=C\C/C=C\CC)OC(=O)CCCCCC/C=C\C/C=C\C/C=C\C/C=C\CC. The van der Waals surface area contributed by atoms with E-state index in [1.807, 2.05) is 0 Å². The van der Waals surface area contributed by atoms with Gasteiger partial charge in [-0.2, -0.15) is 0 Å². The predicted molar refractivity (Wildman–Crippen MR) is 330 cm³/mol. The first kappa shape index (κ1) is 73.4. The molecule has 452 valence electrons. The van der Waals surface area contributed by atoms with Crippen molar-refractivity contribution in [2.75, 3.05) is 13.2 Å². The van der Waals surface area contributed by atoms with Crippen LogP contribution >= 0.6 is 0 Å². The summed E-state index contributed by atoms with van der Waals surface area (Å²) in [7, 11) is 0. The molecule has 1 heterocycles. The Morgan fingerprint density at radius 1 is 0.407 bits per heavy atom. The van der Waals surface area contributed by atoms with Crippen molar-refractivity contribution in [1.29, 1.82) is 0 Å². The minimum Gasteiger partial charge on any atom is -0.479 e. The molecule has 0 aliphatic carbocycles. The molecule has 0 radical (unpaired) electrons. The van der Waals surface area contributed by atoms with E-state index in [1.165, 1.54) is 0 Å². The second-order valence-electron chi connectivity index (χ2n) is 19.8. The first-order chi connectivity index (χ1) is 39.6. The van der Waals surface area contributed by atoms with Crippen LogP contribution in [0.15, 0.2) is 158 Å². The van der Waals surface area contributed by atoms with Crippen LogP contribution in [0.1, 0.15) is 201 Å². The second-order valence-corrected chi connectivity index (χ2v) is 19.8. The number of carbonyl (C=O) groups is 4. The number of hydrogen-bond donors (Lipinski definition) is 3. The average Bonchev–Trinajstić information content (AvgIpc) is 3.53. The molecule has 1 aliphatic heterocycles. The summed E-state index contributed by atoms with van der Waals surface area (Å²) in [6, 6.07) is 0. The van der Waals surface area contributed by atoms with E-state index in [1.54, 1.807) is 0 Å². The number of rotatable bonds is 49. The standard InChI is InChI=1S/C69H104O12/c1-4-7-10-13-16-19-22-25-28-30-31-33-35-37-40-43-46-49-52-55-61(70)77-58-60(79-62(71)56-53-50-47-44-41-39-36-32-29-26-23-20-17-14-11-8-5-2)59-78-69-67(65(74)64(73)66(81-69)68(75)76)80-63(72)57-54-51-48-45-42-38-34-27-24-21-18-15-12-9-6-3/h7-12,16-21,25-29,31,33-34,36-37,39-40,42,45,60,64-67,69,73-74H,4-6,13-15,22-24,30,32,35,38,41,43-44,46-59H2,1-3H3,(H,75,76)/b10-7-,11-8-,12-9-,19-16-,20-17-,21-18-,28-25-,29-26-,33-31-,34-27-,39-36-,40-37-,45-42-. The molecule has 6 unspecified atom stereocenters. The van der Waals surface area contributed by atoms with Crippen molar-refractivity contribution in [3.8, 4) is 0 Å². The zero-order chi connectivity index (χ0) is 58.9. The van der Waals surface area contributed by atoms with Gasteiger partial charge in [-0.25, -0.2) is 4.79 Å². The van der Waals surface area contributed by atoms with Gasteiger partial charge in [-0.15, -0.1) is 0 Å². The van der Waals surface area contributed by atoms with Crippen LogP contribution in [0.2, 0.25) is 0 Å². The van der Waals surface area contributed by atoms with Gasteiger partial charge >= 0.3 is 23.9 Å². The van der Waals surface area contributed by atoms with Crippen LogP contribution in [-0.4, -0.2) is 89.2 Å². The fraction of sp³-hybridized carbons (Fsp3) is 0.565. The van der Waals surface area contributed by atoms with Gasteiger partial charge in [-0.05, 0) is 141 Å². The summed E-state index contributed by atoms with van der Waals surface area (Å²) in [4.78, 5) is 51.2. The quantitative estimate of drug-likeness (QED) is 0.0228. The maximum atomic E-state index is 13.2. The molecule has 0 aromatic rings. The van der Waals surface area contributed by atoms with E-state index < -0.39 is 67.3 Å². The Kier molecular flexibility index (Phi) is 49.7. The fourth-order valence-corrected chi connectivity index (χ4v) is 8.02. The minimum atomic E-state index is -1.94. The summed E-state index contributed by atoms with van der Waals surface area (Å²) in [5, 5.41) is 31.5. The normalized spacial score (nSPS) is 18.9. The van der Waals surface area contributed by atoms with Crippen molar-refractivity contribution >= 4 is 23.9 Å². The van der Waals surface area contributed by atoms with Crippen molar-refractivity contribution in [3.63, 3.8) is 0 Å². The van der Waals surface area contributed by atoms with Crippen molar-refractivity contribution in [1.82, 2.24) is 0 Å². The van der Waals surface area contributed by atoms with Crippen LogP contribution in [0.5, 0.6) is 0 Å². The molecule has 0 aromatic heterocycles. The zero-order valence-corrected chi connectivity index (χ0v) is 49.7. The third-order valence-corrected chi connectivity index (χ3v) is 12.6. The van der Waals surface area contributed by atoms with Crippen LogP contribution < -0.4 is 0 Å². The van der Waals surface area contributed by atoms with Gasteiger partial charge in [0.15, 0.2) is 24.6 Å². The molecule has 6 atom stereocenters. The Morgan fingerprint density at radius 3 is 1.15 bits per heavy atom. The molecule has 81 heavy (non-hydrogen) atoms. The Morgan fingerprint density at radius 2 is 0.741 bits per heavy atom. The third-order valence-electron chi connectivity index (χ3n) is 12.6. The number of aliphatic hydroxyl groups excluding tert-OH is 2. The highest BCUT2D eigenvalue weighted by molar-refractivity contribution is 5.74. The van der Waals surface area contributed by atoms with Crippen molar-refractivity contribution in [2.24, 2.45) is 0 Å². The number of carboxylic acids is 1. The Hall–Kier alpha value is -5.66. The highest BCUT2D eigenvalue weighted by Gasteiger charge is 2.50. The van der Waals surface area contributed by atoms with Gasteiger partial charge in [-0.3, -0.25) is 14.4 Å². The van der Waals surface area contributed by atoms with Gasteiger partial charge in [-0.1, -0.05) is 198 Å². The number of unbranched alkanes of at least 4 members (excludes halogenated alkanes) is 9. The first-order valence-corrected chi connectivity index (χ1v) is 30.5. The van der Waals surface area contributed by atoms with Gasteiger partial charge < -0.3 is 39.0 Å². The fourth-order valence-electron chi connectivity index (χ4n) is 8.02. The van der Waals surface area contributed by atoms with E-state index in [2.05, 4.69) is 179 Å². The number of carboxylic acid groups (broad SMARTS) is 1. The van der Waals surface area contributed by atoms with E-state index in [-0.39, 0.29) is 25.9 Å². The molecule has 12 heteroatoms. The molecule has 3 N–H and O–H groups in total. The molecule has 0 amide bonds. The smallest absolute Gasteiger partial charge is 0.335 e. The maximum Gasteiger partial charge on any atom is 0.335 e. The van der Waals surface area contributed by atoms with Gasteiger partial charge in [0.05, 0.1) is 6.61 Å². The Balaban J connectivity index is 2.76. The van der Waals surface area contributed by atoms with Crippen LogP contribution in [0, 0.1) is 0 Å². The number of esters is 3. The Labute approximate surface area is 488 Å². The van der Waals surface area contributed by atoms with Gasteiger partial charge in [0.1, 0.15) is 18.8 Å². The van der Waals surface area contributed by atoms with Crippen LogP contribution in [0.3, 0.4) is 0 Å². The van der Waals surface area contributed by atoms with Gasteiger partial charge in [0.25, 0.3) is 0 Å². The number of ether oxygens (including phenoxy) is 5. The lowest BCUT2D eigenvalue weighted by molar-refractivity contribution is -0.301. The first-order valence-electron chi connectivity index (χ1n) is 30.5. The number of hydrogen-bond acceptors (Lipinski definition) is 11. The average molecular weight is 1130 g/mol.